The van der Waals surface area contributed by atoms with Crippen molar-refractivity contribution in [1.29, 1.82) is 0 Å². The van der Waals surface area contributed by atoms with Crippen LogP contribution in [-0.2, 0) is 11.8 Å². The van der Waals surface area contributed by atoms with Crippen LogP contribution in [0.3, 0.4) is 0 Å². The fourth-order valence-corrected chi connectivity index (χ4v) is 4.49. The van der Waals surface area contributed by atoms with Crippen molar-refractivity contribution in [1.82, 2.24) is 14.8 Å². The number of rotatable bonds is 6. The fourth-order valence-electron chi connectivity index (χ4n) is 2.39. The van der Waals surface area contributed by atoms with Gasteiger partial charge in [-0.3, -0.25) is 4.79 Å². The highest BCUT2D eigenvalue weighted by atomic mass is 35.5. The number of nitrogens with one attached hydrogen (secondary N) is 1. The standard InChI is InChI=1S/C18H18Cl2N4OS2/c1-10(2)14-7-11(8-26-14)17-22-23-18(24(17)3)27-9-15(25)21-16-12(19)5-4-6-13(16)20/h4-8,10H,9H2,1-3H3,(H,21,25). The lowest BCUT2D eigenvalue weighted by molar-refractivity contribution is -0.113. The summed E-state index contributed by atoms with van der Waals surface area (Å²) in [5, 5.41) is 14.8. The number of carbonyl (C=O) groups is 1. The molecule has 9 heteroatoms. The van der Waals surface area contributed by atoms with E-state index in [0.717, 1.165) is 11.4 Å². The van der Waals surface area contributed by atoms with E-state index in [2.05, 4.69) is 40.8 Å². The van der Waals surface area contributed by atoms with Gasteiger partial charge in [-0.15, -0.1) is 21.5 Å². The Morgan fingerprint density at radius 1 is 1.30 bits per heavy atom. The predicted molar refractivity (Wildman–Crippen MR) is 114 cm³/mol. The third-order valence-electron chi connectivity index (χ3n) is 3.84. The maximum Gasteiger partial charge on any atom is 0.234 e. The first-order valence-corrected chi connectivity index (χ1v) is 10.8. The molecule has 0 radical (unpaired) electrons. The van der Waals surface area contributed by atoms with Gasteiger partial charge in [0.15, 0.2) is 11.0 Å². The zero-order valence-corrected chi connectivity index (χ0v) is 18.1. The summed E-state index contributed by atoms with van der Waals surface area (Å²) in [5.74, 6) is 1.23. The molecule has 0 saturated heterocycles. The average Bonchev–Trinajstić information content (AvgIpc) is 3.23. The van der Waals surface area contributed by atoms with Gasteiger partial charge in [0, 0.05) is 22.9 Å². The molecule has 0 bridgehead atoms. The van der Waals surface area contributed by atoms with Gasteiger partial charge in [-0.2, -0.15) is 0 Å². The van der Waals surface area contributed by atoms with E-state index in [-0.39, 0.29) is 11.7 Å². The summed E-state index contributed by atoms with van der Waals surface area (Å²) in [6, 6.07) is 7.22. The molecule has 5 nitrogen and oxygen atoms in total. The minimum Gasteiger partial charge on any atom is -0.323 e. The van der Waals surface area contributed by atoms with Crippen molar-refractivity contribution in [2.24, 2.45) is 7.05 Å². The quantitative estimate of drug-likeness (QED) is 0.498. The van der Waals surface area contributed by atoms with Crippen LogP contribution in [0.2, 0.25) is 10.0 Å². The molecular weight excluding hydrogens is 423 g/mol. The Morgan fingerprint density at radius 2 is 2.00 bits per heavy atom. The number of carbonyl (C=O) groups excluding carboxylic acids is 1. The SMILES string of the molecule is CC(C)c1cc(-c2nnc(SCC(=O)Nc3c(Cl)cccc3Cl)n2C)cs1. The summed E-state index contributed by atoms with van der Waals surface area (Å²) in [7, 11) is 1.90. The van der Waals surface area contributed by atoms with Crippen LogP contribution in [0.25, 0.3) is 11.4 Å². The first-order valence-electron chi connectivity index (χ1n) is 8.21. The van der Waals surface area contributed by atoms with Crippen LogP contribution in [-0.4, -0.2) is 26.4 Å². The Balaban J connectivity index is 1.66. The number of benzene rings is 1. The van der Waals surface area contributed by atoms with Gasteiger partial charge in [-0.1, -0.05) is 54.9 Å². The van der Waals surface area contributed by atoms with E-state index >= 15 is 0 Å². The zero-order chi connectivity index (χ0) is 19.6. The van der Waals surface area contributed by atoms with Crippen molar-refractivity contribution in [2.75, 3.05) is 11.1 Å². The zero-order valence-electron chi connectivity index (χ0n) is 15.0. The lowest BCUT2D eigenvalue weighted by atomic mass is 10.1. The first kappa shape index (κ1) is 20.2. The molecule has 1 aromatic carbocycles. The second-order valence-corrected chi connectivity index (χ2v) is 8.89. The molecule has 3 aromatic rings. The number of halogens is 2. The third-order valence-corrected chi connectivity index (χ3v) is 6.72. The van der Waals surface area contributed by atoms with E-state index in [9.17, 15) is 4.79 Å². The second-order valence-electron chi connectivity index (χ2n) is 6.19. The van der Waals surface area contributed by atoms with Gasteiger partial charge in [-0.05, 0) is 24.1 Å². The Labute approximate surface area is 176 Å². The molecule has 0 aliphatic rings. The number of thioether (sulfide) groups is 1. The van der Waals surface area contributed by atoms with Crippen LogP contribution in [0, 0.1) is 0 Å². The van der Waals surface area contributed by atoms with Crippen molar-refractivity contribution >= 4 is 57.9 Å². The highest BCUT2D eigenvalue weighted by molar-refractivity contribution is 7.99. The van der Waals surface area contributed by atoms with Gasteiger partial charge in [0.05, 0.1) is 21.5 Å². The summed E-state index contributed by atoms with van der Waals surface area (Å²) in [5.41, 5.74) is 1.46. The molecule has 0 fully saturated rings. The number of nitrogens with zero attached hydrogens (tertiary/aromatic N) is 3. The molecule has 0 atom stereocenters. The number of amides is 1. The van der Waals surface area contributed by atoms with Gasteiger partial charge in [0.2, 0.25) is 5.91 Å². The second kappa shape index (κ2) is 8.65. The summed E-state index contributed by atoms with van der Waals surface area (Å²) >= 11 is 15.2. The van der Waals surface area contributed by atoms with E-state index in [1.807, 2.05) is 11.6 Å². The summed E-state index contributed by atoms with van der Waals surface area (Å²) in [6.07, 6.45) is 0. The fraction of sp³-hybridized carbons (Fsp3) is 0.278. The van der Waals surface area contributed by atoms with Crippen molar-refractivity contribution < 1.29 is 4.79 Å². The summed E-state index contributed by atoms with van der Waals surface area (Å²) < 4.78 is 1.90. The topological polar surface area (TPSA) is 59.8 Å². The molecule has 142 valence electrons. The van der Waals surface area contributed by atoms with E-state index in [4.69, 9.17) is 23.2 Å². The molecule has 2 aromatic heterocycles. The van der Waals surface area contributed by atoms with Crippen molar-refractivity contribution in [3.8, 4) is 11.4 Å². The molecule has 0 aliphatic heterocycles. The lowest BCUT2D eigenvalue weighted by Gasteiger charge is -2.08. The maximum absolute atomic E-state index is 12.3. The number of anilines is 1. The van der Waals surface area contributed by atoms with Gasteiger partial charge < -0.3 is 9.88 Å². The van der Waals surface area contributed by atoms with Gasteiger partial charge in [0.25, 0.3) is 0 Å². The number of para-hydroxylation sites is 1. The molecule has 1 amide bonds. The van der Waals surface area contributed by atoms with Crippen LogP contribution >= 0.6 is 46.3 Å². The maximum atomic E-state index is 12.3. The van der Waals surface area contributed by atoms with Crippen LogP contribution in [0.15, 0.2) is 34.8 Å². The van der Waals surface area contributed by atoms with Crippen LogP contribution in [0.5, 0.6) is 0 Å². The average molecular weight is 441 g/mol. The number of hydrogen-bond donors (Lipinski definition) is 1. The Kier molecular flexibility index (Phi) is 6.47. The van der Waals surface area contributed by atoms with Crippen molar-refractivity contribution in [3.05, 3.63) is 44.6 Å². The van der Waals surface area contributed by atoms with E-state index in [1.54, 1.807) is 29.5 Å². The number of aromatic nitrogens is 3. The number of thiophene rings is 1. The summed E-state index contributed by atoms with van der Waals surface area (Å²) in [6.45, 7) is 4.33. The molecule has 1 N–H and O–H groups in total. The Bertz CT molecular complexity index is 948. The highest BCUT2D eigenvalue weighted by Crippen LogP contribution is 2.31. The van der Waals surface area contributed by atoms with Crippen LogP contribution < -0.4 is 5.32 Å². The molecule has 0 saturated carbocycles. The largest absolute Gasteiger partial charge is 0.323 e. The molecule has 27 heavy (non-hydrogen) atoms. The number of hydrogen-bond acceptors (Lipinski definition) is 5. The van der Waals surface area contributed by atoms with E-state index < -0.39 is 0 Å². The molecule has 0 spiro atoms. The molecular formula is C18H18Cl2N4OS2. The molecule has 2 heterocycles. The van der Waals surface area contributed by atoms with Gasteiger partial charge in [0.1, 0.15) is 0 Å². The van der Waals surface area contributed by atoms with E-state index in [0.29, 0.717) is 26.8 Å². The molecule has 0 aliphatic carbocycles. The van der Waals surface area contributed by atoms with Gasteiger partial charge in [-0.25, -0.2) is 0 Å². The van der Waals surface area contributed by atoms with E-state index in [1.165, 1.54) is 16.6 Å². The first-order chi connectivity index (χ1) is 12.9. The minimum absolute atomic E-state index is 0.175. The minimum atomic E-state index is -0.211. The Morgan fingerprint density at radius 3 is 2.63 bits per heavy atom. The van der Waals surface area contributed by atoms with Gasteiger partial charge >= 0.3 is 0 Å². The van der Waals surface area contributed by atoms with Crippen LogP contribution in [0.1, 0.15) is 24.6 Å². The Hall–Kier alpha value is -1.54. The van der Waals surface area contributed by atoms with Crippen molar-refractivity contribution in [2.45, 2.75) is 24.9 Å². The lowest BCUT2D eigenvalue weighted by Crippen LogP contribution is -2.15. The van der Waals surface area contributed by atoms with Crippen LogP contribution in [0.4, 0.5) is 5.69 Å². The normalized spacial score (nSPS) is 11.2. The van der Waals surface area contributed by atoms with Crippen molar-refractivity contribution in [3.63, 3.8) is 0 Å². The highest BCUT2D eigenvalue weighted by Gasteiger charge is 2.16. The summed E-state index contributed by atoms with van der Waals surface area (Å²) in [4.78, 5) is 13.6. The third kappa shape index (κ3) is 4.66. The molecule has 3 rings (SSSR count). The monoisotopic (exact) mass is 440 g/mol. The predicted octanol–water partition coefficient (Wildman–Crippen LogP) is 5.70. The molecule has 0 unspecified atom stereocenters. The smallest absolute Gasteiger partial charge is 0.234 e.